The lowest BCUT2D eigenvalue weighted by Crippen LogP contribution is -2.10. The van der Waals surface area contributed by atoms with E-state index in [-0.39, 0.29) is 11.4 Å². The fourth-order valence-corrected chi connectivity index (χ4v) is 1.03. The Morgan fingerprint density at radius 1 is 1.42 bits per heavy atom. The predicted molar refractivity (Wildman–Crippen MR) is 46.9 cm³/mol. The minimum atomic E-state index is -0.142. The molecule has 0 saturated heterocycles. The van der Waals surface area contributed by atoms with Gasteiger partial charge in [-0.25, -0.2) is 9.97 Å². The Kier molecular flexibility index (Phi) is 2.31. The van der Waals surface area contributed by atoms with Gasteiger partial charge >= 0.3 is 6.01 Å². The number of aromatic hydroxyl groups is 1. The van der Waals surface area contributed by atoms with Crippen molar-refractivity contribution in [3.05, 3.63) is 18.0 Å². The van der Waals surface area contributed by atoms with E-state index >= 15 is 0 Å². The van der Waals surface area contributed by atoms with E-state index in [0.29, 0.717) is 0 Å². The van der Waals surface area contributed by atoms with Crippen molar-refractivity contribution in [1.82, 2.24) is 9.97 Å². The van der Waals surface area contributed by atoms with Gasteiger partial charge in [0.15, 0.2) is 0 Å². The summed E-state index contributed by atoms with van der Waals surface area (Å²) in [6.07, 6.45) is 2.42. The Morgan fingerprint density at radius 3 is 2.58 bits per heavy atom. The number of hydrogen-bond donors (Lipinski definition) is 1. The fourth-order valence-electron chi connectivity index (χ4n) is 1.03. The maximum Gasteiger partial charge on any atom is 0.314 e. The van der Waals surface area contributed by atoms with Crippen LogP contribution in [0.4, 0.5) is 0 Å². The van der Waals surface area contributed by atoms with E-state index < -0.39 is 0 Å². The first-order chi connectivity index (χ1) is 5.47. The highest BCUT2D eigenvalue weighted by Gasteiger charge is 2.12. The Hall–Kier alpha value is -1.12. The molecule has 0 aromatic carbocycles. The van der Waals surface area contributed by atoms with E-state index in [1.807, 2.05) is 6.07 Å². The third-order valence-electron chi connectivity index (χ3n) is 1.41. The third kappa shape index (κ3) is 2.86. The van der Waals surface area contributed by atoms with Crippen molar-refractivity contribution in [2.24, 2.45) is 5.41 Å². The minimum Gasteiger partial charge on any atom is -0.479 e. The Bertz CT molecular complexity index is 265. The first-order valence-electron chi connectivity index (χ1n) is 3.98. The average molecular weight is 166 g/mol. The lowest BCUT2D eigenvalue weighted by atomic mass is 9.90. The van der Waals surface area contributed by atoms with Crippen LogP contribution in [0.1, 0.15) is 26.5 Å². The first-order valence-corrected chi connectivity index (χ1v) is 3.98. The molecular formula is C9H14N2O. The molecular weight excluding hydrogens is 152 g/mol. The zero-order chi connectivity index (χ0) is 9.19. The van der Waals surface area contributed by atoms with E-state index in [1.165, 1.54) is 0 Å². The van der Waals surface area contributed by atoms with Gasteiger partial charge in [0.25, 0.3) is 0 Å². The molecule has 1 aromatic heterocycles. The maximum absolute atomic E-state index is 8.99. The van der Waals surface area contributed by atoms with Gasteiger partial charge in [-0.05, 0) is 17.9 Å². The van der Waals surface area contributed by atoms with Crippen molar-refractivity contribution in [2.45, 2.75) is 27.2 Å². The zero-order valence-electron chi connectivity index (χ0n) is 7.70. The molecule has 0 saturated carbocycles. The second-order valence-electron chi connectivity index (χ2n) is 4.09. The quantitative estimate of drug-likeness (QED) is 0.691. The summed E-state index contributed by atoms with van der Waals surface area (Å²) in [6, 6.07) is 1.68. The molecule has 3 heteroatoms. The van der Waals surface area contributed by atoms with Gasteiger partial charge in [0.1, 0.15) is 0 Å². The minimum absolute atomic E-state index is 0.142. The molecule has 1 heterocycles. The van der Waals surface area contributed by atoms with Crippen LogP contribution >= 0.6 is 0 Å². The fraction of sp³-hybridized carbons (Fsp3) is 0.556. The van der Waals surface area contributed by atoms with Gasteiger partial charge < -0.3 is 5.11 Å². The molecule has 1 rings (SSSR count). The summed E-state index contributed by atoms with van der Waals surface area (Å²) in [7, 11) is 0. The summed E-state index contributed by atoms with van der Waals surface area (Å²) in [5.74, 6) is 0. The monoisotopic (exact) mass is 166 g/mol. The molecule has 1 N–H and O–H groups in total. The average Bonchev–Trinajstić information content (AvgIpc) is 1.82. The predicted octanol–water partition coefficient (Wildman–Crippen LogP) is 1.77. The third-order valence-corrected chi connectivity index (χ3v) is 1.41. The molecule has 0 atom stereocenters. The maximum atomic E-state index is 8.99. The normalized spacial score (nSPS) is 11.6. The van der Waals surface area contributed by atoms with Gasteiger partial charge in [0.2, 0.25) is 0 Å². The van der Waals surface area contributed by atoms with E-state index in [2.05, 4.69) is 30.7 Å². The second kappa shape index (κ2) is 3.09. The van der Waals surface area contributed by atoms with Crippen LogP contribution in [-0.4, -0.2) is 15.1 Å². The molecule has 12 heavy (non-hydrogen) atoms. The molecule has 66 valence electrons. The Balaban J connectivity index is 2.77. The smallest absolute Gasteiger partial charge is 0.314 e. The van der Waals surface area contributed by atoms with Crippen molar-refractivity contribution in [2.75, 3.05) is 0 Å². The van der Waals surface area contributed by atoms with Crippen molar-refractivity contribution in [1.29, 1.82) is 0 Å². The molecule has 0 aliphatic rings. The van der Waals surface area contributed by atoms with Crippen LogP contribution in [0.3, 0.4) is 0 Å². The van der Waals surface area contributed by atoms with Gasteiger partial charge in [0.05, 0.1) is 0 Å². The van der Waals surface area contributed by atoms with Gasteiger partial charge in [-0.15, -0.1) is 0 Å². The van der Waals surface area contributed by atoms with E-state index in [9.17, 15) is 0 Å². The first kappa shape index (κ1) is 8.97. The van der Waals surface area contributed by atoms with Crippen LogP contribution < -0.4 is 0 Å². The molecule has 1 aromatic rings. The van der Waals surface area contributed by atoms with Crippen LogP contribution in [0, 0.1) is 5.41 Å². The molecule has 3 nitrogen and oxygen atoms in total. The lowest BCUT2D eigenvalue weighted by Gasteiger charge is -2.16. The molecule has 0 unspecified atom stereocenters. The molecule has 0 spiro atoms. The van der Waals surface area contributed by atoms with Gasteiger partial charge in [-0.2, -0.15) is 0 Å². The van der Waals surface area contributed by atoms with E-state index in [4.69, 9.17) is 5.11 Å². The summed E-state index contributed by atoms with van der Waals surface area (Å²) < 4.78 is 0. The number of nitrogens with zero attached hydrogens (tertiary/aromatic N) is 2. The van der Waals surface area contributed by atoms with Crippen LogP contribution in [0.5, 0.6) is 6.01 Å². The molecule has 0 aliphatic heterocycles. The molecule has 0 aliphatic carbocycles. The Labute approximate surface area is 72.5 Å². The van der Waals surface area contributed by atoms with Crippen LogP contribution in [0.25, 0.3) is 0 Å². The summed E-state index contributed by atoms with van der Waals surface area (Å²) in [5, 5.41) is 8.99. The van der Waals surface area contributed by atoms with E-state index in [0.717, 1.165) is 12.1 Å². The molecule has 0 radical (unpaired) electrons. The lowest BCUT2D eigenvalue weighted by molar-refractivity contribution is 0.393. The SMILES string of the molecule is CC(C)(C)Cc1ccnc(O)n1. The van der Waals surface area contributed by atoms with E-state index in [1.54, 1.807) is 6.20 Å². The number of aromatic nitrogens is 2. The van der Waals surface area contributed by atoms with Crippen molar-refractivity contribution < 1.29 is 5.11 Å². The van der Waals surface area contributed by atoms with Crippen molar-refractivity contribution >= 4 is 0 Å². The van der Waals surface area contributed by atoms with Crippen molar-refractivity contribution in [3.63, 3.8) is 0 Å². The molecule has 0 amide bonds. The summed E-state index contributed by atoms with van der Waals surface area (Å²) in [4.78, 5) is 7.52. The highest BCUT2D eigenvalue weighted by atomic mass is 16.3. The summed E-state index contributed by atoms with van der Waals surface area (Å²) in [6.45, 7) is 6.39. The topological polar surface area (TPSA) is 46.0 Å². The molecule has 0 bridgehead atoms. The van der Waals surface area contributed by atoms with Gasteiger partial charge in [-0.3, -0.25) is 0 Å². The highest BCUT2D eigenvalue weighted by Crippen LogP contribution is 2.19. The van der Waals surface area contributed by atoms with Crippen LogP contribution in [0.2, 0.25) is 0 Å². The van der Waals surface area contributed by atoms with Crippen LogP contribution in [-0.2, 0) is 6.42 Å². The summed E-state index contributed by atoms with van der Waals surface area (Å²) in [5.41, 5.74) is 1.08. The van der Waals surface area contributed by atoms with Crippen LogP contribution in [0.15, 0.2) is 12.3 Å². The number of rotatable bonds is 1. The Morgan fingerprint density at radius 2 is 2.08 bits per heavy atom. The largest absolute Gasteiger partial charge is 0.479 e. The standard InChI is InChI=1S/C9H14N2O/c1-9(2,3)6-7-4-5-10-8(12)11-7/h4-5H,6H2,1-3H3,(H,10,11,12). The van der Waals surface area contributed by atoms with Gasteiger partial charge in [0, 0.05) is 11.9 Å². The zero-order valence-corrected chi connectivity index (χ0v) is 7.70. The summed E-state index contributed by atoms with van der Waals surface area (Å²) >= 11 is 0. The highest BCUT2D eigenvalue weighted by molar-refractivity contribution is 5.05. The molecule has 0 fully saturated rings. The number of hydrogen-bond acceptors (Lipinski definition) is 3. The second-order valence-corrected chi connectivity index (χ2v) is 4.09. The van der Waals surface area contributed by atoms with Crippen molar-refractivity contribution in [3.8, 4) is 6.01 Å². The van der Waals surface area contributed by atoms with Gasteiger partial charge in [-0.1, -0.05) is 20.8 Å².